The summed E-state index contributed by atoms with van der Waals surface area (Å²) in [6.07, 6.45) is 3.96. The Labute approximate surface area is 116 Å². The van der Waals surface area contributed by atoms with Crippen molar-refractivity contribution in [3.05, 3.63) is 29.8 Å². The van der Waals surface area contributed by atoms with Crippen LogP contribution in [0.4, 0.5) is 0 Å². The Morgan fingerprint density at radius 1 is 1.21 bits per heavy atom. The lowest BCUT2D eigenvalue weighted by molar-refractivity contribution is 0.319. The van der Waals surface area contributed by atoms with Gasteiger partial charge in [-0.05, 0) is 56.5 Å². The molecule has 1 fully saturated rings. The minimum atomic E-state index is 0.929. The Morgan fingerprint density at radius 2 is 1.95 bits per heavy atom. The quantitative estimate of drug-likeness (QED) is 0.690. The molecular weight excluding hydrogens is 236 g/mol. The van der Waals surface area contributed by atoms with Gasteiger partial charge < -0.3 is 15.0 Å². The van der Waals surface area contributed by atoms with Crippen LogP contribution in [0.25, 0.3) is 0 Å². The molecule has 3 nitrogen and oxygen atoms in total. The average molecular weight is 262 g/mol. The molecule has 2 rings (SSSR count). The van der Waals surface area contributed by atoms with Crippen LogP contribution < -0.4 is 10.1 Å². The fourth-order valence-electron chi connectivity index (χ4n) is 2.25. The van der Waals surface area contributed by atoms with Gasteiger partial charge in [0.2, 0.25) is 0 Å². The van der Waals surface area contributed by atoms with Gasteiger partial charge in [-0.1, -0.05) is 12.1 Å². The molecule has 0 heterocycles. The highest BCUT2D eigenvalue weighted by Crippen LogP contribution is 2.29. The number of methoxy groups -OCH3 is 1. The standard InChI is InChI=1S/C16H26N2O/c1-18(13-15-3-4-15)12-11-17-10-9-14-5-7-16(19-2)8-6-14/h5-8,15,17H,3-4,9-13H2,1-2H3. The maximum absolute atomic E-state index is 5.15. The summed E-state index contributed by atoms with van der Waals surface area (Å²) in [5.41, 5.74) is 1.36. The van der Waals surface area contributed by atoms with Crippen molar-refractivity contribution in [2.75, 3.05) is 40.3 Å². The Morgan fingerprint density at radius 3 is 2.58 bits per heavy atom. The van der Waals surface area contributed by atoms with Crippen LogP contribution in [-0.2, 0) is 6.42 Å². The molecule has 0 aliphatic heterocycles. The highest BCUT2D eigenvalue weighted by Gasteiger charge is 2.22. The van der Waals surface area contributed by atoms with Gasteiger partial charge in [0.1, 0.15) is 5.75 Å². The lowest BCUT2D eigenvalue weighted by Crippen LogP contribution is -2.31. The number of nitrogens with one attached hydrogen (secondary N) is 1. The summed E-state index contributed by atoms with van der Waals surface area (Å²) in [6.45, 7) is 4.56. The molecule has 1 N–H and O–H groups in total. The average Bonchev–Trinajstić information content (AvgIpc) is 3.23. The first-order chi connectivity index (χ1) is 9.28. The molecule has 1 aromatic carbocycles. The van der Waals surface area contributed by atoms with E-state index in [0.717, 1.165) is 37.7 Å². The van der Waals surface area contributed by atoms with E-state index in [9.17, 15) is 0 Å². The van der Waals surface area contributed by atoms with Gasteiger partial charge in [0.25, 0.3) is 0 Å². The fraction of sp³-hybridized carbons (Fsp3) is 0.625. The number of ether oxygens (including phenoxy) is 1. The van der Waals surface area contributed by atoms with Crippen LogP contribution >= 0.6 is 0 Å². The third-order valence-corrected chi connectivity index (χ3v) is 3.69. The summed E-state index contributed by atoms with van der Waals surface area (Å²) >= 11 is 0. The molecule has 1 aromatic rings. The van der Waals surface area contributed by atoms with E-state index in [1.807, 2.05) is 12.1 Å². The number of likely N-dealkylation sites (N-methyl/N-ethyl adjacent to an activating group) is 1. The third kappa shape index (κ3) is 5.62. The Balaban J connectivity index is 1.52. The molecule has 1 saturated carbocycles. The second-order valence-electron chi connectivity index (χ2n) is 5.55. The van der Waals surface area contributed by atoms with Crippen molar-refractivity contribution >= 4 is 0 Å². The fourth-order valence-corrected chi connectivity index (χ4v) is 2.25. The summed E-state index contributed by atoms with van der Waals surface area (Å²) in [4.78, 5) is 2.44. The van der Waals surface area contributed by atoms with Gasteiger partial charge in [0.15, 0.2) is 0 Å². The van der Waals surface area contributed by atoms with E-state index in [1.54, 1.807) is 7.11 Å². The molecule has 0 amide bonds. The van der Waals surface area contributed by atoms with Crippen LogP contribution in [0.2, 0.25) is 0 Å². The van der Waals surface area contributed by atoms with Gasteiger partial charge in [0, 0.05) is 19.6 Å². The first kappa shape index (κ1) is 14.4. The number of nitrogens with zero attached hydrogens (tertiary/aromatic N) is 1. The van der Waals surface area contributed by atoms with Crippen LogP contribution in [0.5, 0.6) is 5.75 Å². The minimum absolute atomic E-state index is 0.929. The molecule has 3 heteroatoms. The smallest absolute Gasteiger partial charge is 0.118 e. The van der Waals surface area contributed by atoms with E-state index in [-0.39, 0.29) is 0 Å². The van der Waals surface area contributed by atoms with E-state index in [1.165, 1.54) is 24.9 Å². The van der Waals surface area contributed by atoms with Gasteiger partial charge in [-0.2, -0.15) is 0 Å². The predicted octanol–water partition coefficient (Wildman–Crippen LogP) is 2.17. The summed E-state index contributed by atoms with van der Waals surface area (Å²) in [6, 6.07) is 8.33. The molecule has 0 atom stereocenters. The van der Waals surface area contributed by atoms with Crippen molar-refractivity contribution in [3.8, 4) is 5.75 Å². The van der Waals surface area contributed by atoms with E-state index < -0.39 is 0 Å². The normalized spacial score (nSPS) is 14.9. The van der Waals surface area contributed by atoms with Crippen molar-refractivity contribution in [3.63, 3.8) is 0 Å². The van der Waals surface area contributed by atoms with Crippen LogP contribution in [0.1, 0.15) is 18.4 Å². The summed E-state index contributed by atoms with van der Waals surface area (Å²) < 4.78 is 5.15. The molecule has 0 radical (unpaired) electrons. The number of hydrogen-bond donors (Lipinski definition) is 1. The Hall–Kier alpha value is -1.06. The largest absolute Gasteiger partial charge is 0.497 e. The van der Waals surface area contributed by atoms with E-state index >= 15 is 0 Å². The highest BCUT2D eigenvalue weighted by molar-refractivity contribution is 5.27. The van der Waals surface area contributed by atoms with Crippen molar-refractivity contribution in [2.45, 2.75) is 19.3 Å². The van der Waals surface area contributed by atoms with Crippen molar-refractivity contribution in [1.29, 1.82) is 0 Å². The molecule has 0 aromatic heterocycles. The molecular formula is C16H26N2O. The van der Waals surface area contributed by atoms with E-state index in [4.69, 9.17) is 4.74 Å². The summed E-state index contributed by atoms with van der Waals surface area (Å²) in [5, 5.41) is 3.51. The number of hydrogen-bond acceptors (Lipinski definition) is 3. The van der Waals surface area contributed by atoms with Crippen LogP contribution in [-0.4, -0.2) is 45.2 Å². The topological polar surface area (TPSA) is 24.5 Å². The maximum atomic E-state index is 5.15. The second-order valence-corrected chi connectivity index (χ2v) is 5.55. The van der Waals surface area contributed by atoms with Crippen LogP contribution in [0.3, 0.4) is 0 Å². The van der Waals surface area contributed by atoms with Gasteiger partial charge in [0.05, 0.1) is 7.11 Å². The Kier molecular flexibility index (Phi) is 5.67. The first-order valence-electron chi connectivity index (χ1n) is 7.30. The van der Waals surface area contributed by atoms with Crippen molar-refractivity contribution in [1.82, 2.24) is 10.2 Å². The molecule has 0 spiro atoms. The van der Waals surface area contributed by atoms with E-state index in [0.29, 0.717) is 0 Å². The zero-order valence-electron chi connectivity index (χ0n) is 12.2. The molecule has 0 bridgehead atoms. The first-order valence-corrected chi connectivity index (χ1v) is 7.30. The highest BCUT2D eigenvalue weighted by atomic mass is 16.5. The lowest BCUT2D eigenvalue weighted by atomic mass is 10.1. The zero-order valence-corrected chi connectivity index (χ0v) is 12.2. The molecule has 0 unspecified atom stereocenters. The molecule has 106 valence electrons. The van der Waals surface area contributed by atoms with Crippen molar-refractivity contribution < 1.29 is 4.74 Å². The minimum Gasteiger partial charge on any atom is -0.497 e. The SMILES string of the molecule is COc1ccc(CCNCCN(C)CC2CC2)cc1. The van der Waals surface area contributed by atoms with Gasteiger partial charge in [-0.3, -0.25) is 0 Å². The van der Waals surface area contributed by atoms with Crippen LogP contribution in [0.15, 0.2) is 24.3 Å². The van der Waals surface area contributed by atoms with Crippen LogP contribution in [0, 0.1) is 5.92 Å². The predicted molar refractivity (Wildman–Crippen MR) is 79.8 cm³/mol. The summed E-state index contributed by atoms with van der Waals surface area (Å²) in [7, 11) is 3.93. The number of rotatable bonds is 9. The number of benzene rings is 1. The molecule has 1 aliphatic rings. The monoisotopic (exact) mass is 262 g/mol. The Bertz CT molecular complexity index is 360. The summed E-state index contributed by atoms with van der Waals surface area (Å²) in [5.74, 6) is 1.92. The van der Waals surface area contributed by atoms with Crippen molar-refractivity contribution in [2.24, 2.45) is 5.92 Å². The molecule has 1 aliphatic carbocycles. The lowest BCUT2D eigenvalue weighted by Gasteiger charge is -2.16. The molecule has 0 saturated heterocycles. The van der Waals surface area contributed by atoms with Gasteiger partial charge in [-0.25, -0.2) is 0 Å². The third-order valence-electron chi connectivity index (χ3n) is 3.69. The second kappa shape index (κ2) is 7.51. The maximum Gasteiger partial charge on any atom is 0.118 e. The van der Waals surface area contributed by atoms with Gasteiger partial charge in [-0.15, -0.1) is 0 Å². The van der Waals surface area contributed by atoms with Gasteiger partial charge >= 0.3 is 0 Å². The molecule has 19 heavy (non-hydrogen) atoms. The zero-order chi connectivity index (χ0) is 13.5. The van der Waals surface area contributed by atoms with E-state index in [2.05, 4.69) is 29.4 Å².